The summed E-state index contributed by atoms with van der Waals surface area (Å²) >= 11 is 0. The van der Waals surface area contributed by atoms with Crippen molar-refractivity contribution in [3.63, 3.8) is 0 Å². The molecule has 1 rings (SSSR count). The quantitative estimate of drug-likeness (QED) is 0.830. The molecule has 0 unspecified atom stereocenters. The van der Waals surface area contributed by atoms with Crippen LogP contribution in [0.4, 0.5) is 24.8 Å². The van der Waals surface area contributed by atoms with Crippen LogP contribution in [0.15, 0.2) is 6.07 Å². The summed E-state index contributed by atoms with van der Waals surface area (Å²) in [6.07, 6.45) is -4.59. The summed E-state index contributed by atoms with van der Waals surface area (Å²) in [6.45, 7) is 7.03. The van der Waals surface area contributed by atoms with Crippen molar-refractivity contribution in [2.24, 2.45) is 0 Å². The Kier molecular flexibility index (Phi) is 5.34. The minimum Gasteiger partial charge on any atom is -0.384 e. The third kappa shape index (κ3) is 4.90. The lowest BCUT2D eigenvalue weighted by Gasteiger charge is -2.18. The summed E-state index contributed by atoms with van der Waals surface area (Å²) in [6, 6.07) is 1.29. The van der Waals surface area contributed by atoms with Gasteiger partial charge in [-0.15, -0.1) is 0 Å². The number of halogens is 3. The third-order valence-corrected chi connectivity index (χ3v) is 2.63. The number of nitrogens with two attached hydrogens (primary N) is 1. The fourth-order valence-electron chi connectivity index (χ4n) is 1.57. The first-order valence-corrected chi connectivity index (χ1v) is 6.04. The number of hydrogen-bond donors (Lipinski definition) is 2. The van der Waals surface area contributed by atoms with E-state index in [1.165, 1.54) is 6.07 Å². The Morgan fingerprint density at radius 1 is 1.26 bits per heavy atom. The van der Waals surface area contributed by atoms with Crippen LogP contribution in [0.25, 0.3) is 0 Å². The number of nitrogen functional groups attached to an aromatic ring is 1. The standard InChI is InChI=1S/C11H18F3N5/c1-3-19(4-2)6-5-16-9-7-8(15)17-10(18-9)11(12,13)14/h7H,3-6H2,1-2H3,(H3,15,16,17,18). The number of aromatic nitrogens is 2. The maximum Gasteiger partial charge on any atom is 0.451 e. The van der Waals surface area contributed by atoms with Crippen LogP contribution >= 0.6 is 0 Å². The fourth-order valence-corrected chi connectivity index (χ4v) is 1.57. The molecule has 0 aliphatic heterocycles. The third-order valence-electron chi connectivity index (χ3n) is 2.63. The van der Waals surface area contributed by atoms with Crippen LogP contribution in [-0.4, -0.2) is 41.0 Å². The molecule has 0 radical (unpaired) electrons. The Hall–Kier alpha value is -1.57. The average molecular weight is 277 g/mol. The maximum absolute atomic E-state index is 12.5. The van der Waals surface area contributed by atoms with E-state index in [4.69, 9.17) is 5.73 Å². The number of likely N-dealkylation sites (N-methyl/N-ethyl adjacent to an activating group) is 1. The first kappa shape index (κ1) is 15.5. The largest absolute Gasteiger partial charge is 0.451 e. The van der Waals surface area contributed by atoms with Gasteiger partial charge in [-0.1, -0.05) is 13.8 Å². The smallest absolute Gasteiger partial charge is 0.384 e. The minimum atomic E-state index is -4.59. The molecule has 0 atom stereocenters. The molecule has 1 aromatic rings. The molecule has 1 aromatic heterocycles. The highest BCUT2D eigenvalue weighted by Crippen LogP contribution is 2.27. The second kappa shape index (κ2) is 6.55. The predicted molar refractivity (Wildman–Crippen MR) is 67.7 cm³/mol. The average Bonchev–Trinajstić information content (AvgIpc) is 2.33. The van der Waals surface area contributed by atoms with Crippen molar-refractivity contribution < 1.29 is 13.2 Å². The van der Waals surface area contributed by atoms with Crippen molar-refractivity contribution in [1.29, 1.82) is 0 Å². The van der Waals surface area contributed by atoms with Gasteiger partial charge in [0.2, 0.25) is 5.82 Å². The van der Waals surface area contributed by atoms with E-state index in [1.54, 1.807) is 0 Å². The van der Waals surface area contributed by atoms with Gasteiger partial charge in [-0.25, -0.2) is 9.97 Å². The Morgan fingerprint density at radius 2 is 1.89 bits per heavy atom. The van der Waals surface area contributed by atoms with Gasteiger partial charge in [0, 0.05) is 19.2 Å². The second-order valence-corrected chi connectivity index (χ2v) is 3.95. The van der Waals surface area contributed by atoms with Gasteiger partial charge in [-0.3, -0.25) is 0 Å². The summed E-state index contributed by atoms with van der Waals surface area (Å²) in [5.74, 6) is -1.34. The fraction of sp³-hybridized carbons (Fsp3) is 0.636. The van der Waals surface area contributed by atoms with Crippen molar-refractivity contribution >= 4 is 11.6 Å². The van der Waals surface area contributed by atoms with Gasteiger partial charge < -0.3 is 16.0 Å². The zero-order valence-electron chi connectivity index (χ0n) is 11.0. The van der Waals surface area contributed by atoms with Crippen molar-refractivity contribution in [2.45, 2.75) is 20.0 Å². The molecule has 1 heterocycles. The summed E-state index contributed by atoms with van der Waals surface area (Å²) < 4.78 is 37.5. The molecule has 108 valence electrons. The van der Waals surface area contributed by atoms with Gasteiger partial charge in [0.15, 0.2) is 0 Å². The van der Waals surface area contributed by atoms with Crippen molar-refractivity contribution in [1.82, 2.24) is 14.9 Å². The molecule has 8 heteroatoms. The molecule has 5 nitrogen and oxygen atoms in total. The van der Waals surface area contributed by atoms with Crippen LogP contribution < -0.4 is 11.1 Å². The molecule has 0 saturated heterocycles. The van der Waals surface area contributed by atoms with Gasteiger partial charge in [-0.05, 0) is 13.1 Å². The van der Waals surface area contributed by atoms with E-state index in [0.717, 1.165) is 19.6 Å². The first-order chi connectivity index (χ1) is 8.86. The Morgan fingerprint density at radius 3 is 2.42 bits per heavy atom. The van der Waals surface area contributed by atoms with Gasteiger partial charge >= 0.3 is 6.18 Å². The number of anilines is 2. The lowest BCUT2D eigenvalue weighted by atomic mass is 10.4. The lowest BCUT2D eigenvalue weighted by Crippen LogP contribution is -2.29. The van der Waals surface area contributed by atoms with Crippen molar-refractivity contribution in [2.75, 3.05) is 37.2 Å². The Labute approximate surface area is 110 Å². The zero-order valence-corrected chi connectivity index (χ0v) is 11.0. The summed E-state index contributed by atoms with van der Waals surface area (Å²) in [7, 11) is 0. The topological polar surface area (TPSA) is 67.1 Å². The molecule has 0 aromatic carbocycles. The van der Waals surface area contributed by atoms with Gasteiger partial charge in [0.1, 0.15) is 11.6 Å². The molecular formula is C11H18F3N5. The van der Waals surface area contributed by atoms with Crippen molar-refractivity contribution in [3.05, 3.63) is 11.9 Å². The van der Waals surface area contributed by atoms with Gasteiger partial charge in [0.05, 0.1) is 0 Å². The van der Waals surface area contributed by atoms with Crippen molar-refractivity contribution in [3.8, 4) is 0 Å². The molecule has 0 aliphatic carbocycles. The molecular weight excluding hydrogens is 259 g/mol. The number of nitrogens with one attached hydrogen (secondary N) is 1. The highest BCUT2D eigenvalue weighted by molar-refractivity contribution is 5.44. The van der Waals surface area contributed by atoms with Gasteiger partial charge in [0.25, 0.3) is 0 Å². The summed E-state index contributed by atoms with van der Waals surface area (Å²) in [5.41, 5.74) is 5.34. The molecule has 0 amide bonds. The van der Waals surface area contributed by atoms with Crippen LogP contribution in [-0.2, 0) is 6.18 Å². The lowest BCUT2D eigenvalue weighted by molar-refractivity contribution is -0.144. The van der Waals surface area contributed by atoms with Crippen LogP contribution in [0.1, 0.15) is 19.7 Å². The zero-order chi connectivity index (χ0) is 14.5. The first-order valence-electron chi connectivity index (χ1n) is 6.04. The van der Waals surface area contributed by atoms with E-state index in [9.17, 15) is 13.2 Å². The molecule has 0 saturated carbocycles. The molecule has 0 bridgehead atoms. The predicted octanol–water partition coefficient (Wildman–Crippen LogP) is 1.83. The monoisotopic (exact) mass is 277 g/mol. The van der Waals surface area contributed by atoms with E-state index in [0.29, 0.717) is 6.54 Å². The van der Waals surface area contributed by atoms with Crippen LogP contribution in [0.2, 0.25) is 0 Å². The van der Waals surface area contributed by atoms with Crippen LogP contribution in [0.5, 0.6) is 0 Å². The van der Waals surface area contributed by atoms with E-state index in [-0.39, 0.29) is 11.6 Å². The van der Waals surface area contributed by atoms with E-state index in [1.807, 2.05) is 13.8 Å². The Balaban J connectivity index is 2.66. The van der Waals surface area contributed by atoms with Crippen LogP contribution in [0.3, 0.4) is 0 Å². The SMILES string of the molecule is CCN(CC)CCNc1cc(N)nc(C(F)(F)F)n1. The summed E-state index contributed by atoms with van der Waals surface area (Å²) in [4.78, 5) is 8.72. The molecule has 19 heavy (non-hydrogen) atoms. The second-order valence-electron chi connectivity index (χ2n) is 3.95. The molecule has 0 aliphatic rings. The van der Waals surface area contributed by atoms with Gasteiger partial charge in [-0.2, -0.15) is 13.2 Å². The minimum absolute atomic E-state index is 0.0898. The highest BCUT2D eigenvalue weighted by Gasteiger charge is 2.35. The molecule has 3 N–H and O–H groups in total. The maximum atomic E-state index is 12.5. The van der Waals surface area contributed by atoms with E-state index >= 15 is 0 Å². The molecule has 0 spiro atoms. The summed E-state index contributed by atoms with van der Waals surface area (Å²) in [5, 5.41) is 2.82. The van der Waals surface area contributed by atoms with Crippen LogP contribution in [0, 0.1) is 0 Å². The Bertz CT molecular complexity index is 404. The number of hydrogen-bond acceptors (Lipinski definition) is 5. The number of rotatable bonds is 6. The number of alkyl halides is 3. The number of nitrogens with zero attached hydrogens (tertiary/aromatic N) is 3. The van der Waals surface area contributed by atoms with E-state index in [2.05, 4.69) is 20.2 Å². The van der Waals surface area contributed by atoms with E-state index < -0.39 is 12.0 Å². The molecule has 0 fully saturated rings. The normalized spacial score (nSPS) is 11.9. The highest BCUT2D eigenvalue weighted by atomic mass is 19.4.